The molecule has 0 aliphatic carbocycles. The second kappa shape index (κ2) is 7.09. The van der Waals surface area contributed by atoms with Gasteiger partial charge in [-0.2, -0.15) is 4.98 Å². The average molecular weight is 321 g/mol. The second-order valence-corrected chi connectivity index (χ2v) is 5.25. The number of carboxylic acid groups (broad SMARTS) is 1. The molecule has 0 saturated heterocycles. The molecule has 0 aliphatic heterocycles. The molecule has 116 valence electrons. The van der Waals surface area contributed by atoms with Crippen molar-refractivity contribution >= 4 is 29.3 Å². The number of hydrogen-bond acceptors (Lipinski definition) is 5. The Bertz CT molecular complexity index is 691. The van der Waals surface area contributed by atoms with Crippen molar-refractivity contribution in [3.8, 4) is 0 Å². The van der Waals surface area contributed by atoms with Crippen LogP contribution in [0.3, 0.4) is 0 Å². The van der Waals surface area contributed by atoms with E-state index in [0.29, 0.717) is 12.4 Å². The van der Waals surface area contributed by atoms with Gasteiger partial charge in [-0.1, -0.05) is 29.8 Å². The number of anilines is 2. The molecule has 0 radical (unpaired) electrons. The summed E-state index contributed by atoms with van der Waals surface area (Å²) < 4.78 is 0. The van der Waals surface area contributed by atoms with Gasteiger partial charge in [0.2, 0.25) is 5.95 Å². The van der Waals surface area contributed by atoms with Gasteiger partial charge >= 0.3 is 5.97 Å². The fraction of sp³-hybridized carbons (Fsp3) is 0.267. The van der Waals surface area contributed by atoms with Crippen LogP contribution in [0.1, 0.15) is 16.7 Å². The normalized spacial score (nSPS) is 10.3. The van der Waals surface area contributed by atoms with E-state index in [1.165, 1.54) is 11.1 Å². The van der Waals surface area contributed by atoms with Gasteiger partial charge in [0.1, 0.15) is 17.5 Å². The number of hydrogen-bond donors (Lipinski definition) is 3. The zero-order chi connectivity index (χ0) is 16.1. The summed E-state index contributed by atoms with van der Waals surface area (Å²) in [5.74, 6) is -0.277. The lowest BCUT2D eigenvalue weighted by molar-refractivity contribution is -0.134. The first-order valence-corrected chi connectivity index (χ1v) is 7.12. The molecule has 1 aromatic heterocycles. The van der Waals surface area contributed by atoms with Crippen molar-refractivity contribution in [2.75, 3.05) is 17.2 Å². The molecule has 7 heteroatoms. The van der Waals surface area contributed by atoms with Crippen LogP contribution in [0.25, 0.3) is 0 Å². The second-order valence-electron chi connectivity index (χ2n) is 4.86. The molecule has 2 aromatic rings. The lowest BCUT2D eigenvalue weighted by Gasteiger charge is -2.11. The summed E-state index contributed by atoms with van der Waals surface area (Å²) in [7, 11) is 0. The maximum Gasteiger partial charge on any atom is 0.322 e. The largest absolute Gasteiger partial charge is 0.480 e. The first kappa shape index (κ1) is 16.0. The summed E-state index contributed by atoms with van der Waals surface area (Å²) in [6, 6.07) is 7.71. The maximum absolute atomic E-state index is 10.6. The predicted molar refractivity (Wildman–Crippen MR) is 86.4 cm³/mol. The number of halogens is 1. The molecule has 1 heterocycles. The number of carboxylic acids is 1. The minimum Gasteiger partial charge on any atom is -0.480 e. The minimum atomic E-state index is -0.992. The van der Waals surface area contributed by atoms with Gasteiger partial charge in [-0.3, -0.25) is 4.79 Å². The lowest BCUT2D eigenvalue weighted by Crippen LogP contribution is -2.15. The van der Waals surface area contributed by atoms with Crippen LogP contribution in [0.15, 0.2) is 24.3 Å². The Balaban J connectivity index is 2.09. The molecule has 0 aliphatic rings. The first-order chi connectivity index (χ1) is 10.5. The molecule has 0 unspecified atom stereocenters. The molecule has 22 heavy (non-hydrogen) atoms. The van der Waals surface area contributed by atoms with Crippen molar-refractivity contribution in [3.05, 3.63) is 46.1 Å². The molecule has 0 fully saturated rings. The summed E-state index contributed by atoms with van der Waals surface area (Å²) in [5.41, 5.74) is 3.61. The lowest BCUT2D eigenvalue weighted by atomic mass is 10.0. The van der Waals surface area contributed by atoms with Gasteiger partial charge in [0.05, 0.1) is 0 Å². The maximum atomic E-state index is 10.6. The highest BCUT2D eigenvalue weighted by Crippen LogP contribution is 2.17. The van der Waals surface area contributed by atoms with Crippen molar-refractivity contribution in [2.45, 2.75) is 20.4 Å². The number of aryl methyl sites for hydroxylation is 1. The summed E-state index contributed by atoms with van der Waals surface area (Å²) >= 11 is 5.93. The van der Waals surface area contributed by atoms with Gasteiger partial charge in [0.25, 0.3) is 0 Å². The van der Waals surface area contributed by atoms with Crippen LogP contribution < -0.4 is 10.6 Å². The fourth-order valence-corrected chi connectivity index (χ4v) is 2.11. The zero-order valence-electron chi connectivity index (χ0n) is 12.4. The van der Waals surface area contributed by atoms with E-state index in [9.17, 15) is 4.79 Å². The zero-order valence-corrected chi connectivity index (χ0v) is 13.1. The Labute approximate surface area is 133 Å². The number of rotatable bonds is 6. The highest BCUT2D eigenvalue weighted by Gasteiger charge is 2.06. The van der Waals surface area contributed by atoms with Crippen LogP contribution in [0.2, 0.25) is 5.15 Å². The predicted octanol–water partition coefficient (Wildman–Crippen LogP) is 2.86. The van der Waals surface area contributed by atoms with E-state index in [2.05, 4.69) is 40.5 Å². The summed E-state index contributed by atoms with van der Waals surface area (Å²) in [4.78, 5) is 18.7. The first-order valence-electron chi connectivity index (χ1n) is 6.75. The standard InChI is InChI=1S/C15H17ClN4O2/c1-9-4-3-5-11(10(9)2)7-17-13-6-12(16)19-15(20-13)18-8-14(21)22/h3-6H,7-8H2,1-2H3,(H,21,22)(H2,17,18,19,20). The highest BCUT2D eigenvalue weighted by atomic mass is 35.5. The molecule has 0 saturated carbocycles. The van der Waals surface area contributed by atoms with Gasteiger partial charge < -0.3 is 15.7 Å². The van der Waals surface area contributed by atoms with Crippen molar-refractivity contribution in [2.24, 2.45) is 0 Å². The van der Waals surface area contributed by atoms with Gasteiger partial charge in [0.15, 0.2) is 0 Å². The molecule has 0 spiro atoms. The van der Waals surface area contributed by atoms with Crippen LogP contribution in [-0.2, 0) is 11.3 Å². The third-order valence-electron chi connectivity index (χ3n) is 3.27. The van der Waals surface area contributed by atoms with E-state index in [1.807, 2.05) is 12.1 Å². The third kappa shape index (κ3) is 4.33. The molecule has 2 rings (SSSR count). The van der Waals surface area contributed by atoms with E-state index in [1.54, 1.807) is 6.07 Å². The molecule has 3 N–H and O–H groups in total. The highest BCUT2D eigenvalue weighted by molar-refractivity contribution is 6.29. The quantitative estimate of drug-likeness (QED) is 0.709. The SMILES string of the molecule is Cc1cccc(CNc2cc(Cl)nc(NCC(=O)O)n2)c1C. The fourth-order valence-electron chi connectivity index (χ4n) is 1.93. The number of nitrogens with zero attached hydrogens (tertiary/aromatic N) is 2. The average Bonchev–Trinajstić information content (AvgIpc) is 2.46. The molecule has 1 aromatic carbocycles. The van der Waals surface area contributed by atoms with Gasteiger partial charge in [0, 0.05) is 12.6 Å². The van der Waals surface area contributed by atoms with E-state index in [4.69, 9.17) is 16.7 Å². The van der Waals surface area contributed by atoms with Crippen LogP contribution in [0.4, 0.5) is 11.8 Å². The Kier molecular flexibility index (Phi) is 5.16. The van der Waals surface area contributed by atoms with Crippen molar-refractivity contribution in [1.82, 2.24) is 9.97 Å². The topological polar surface area (TPSA) is 87.1 Å². The molecule has 0 atom stereocenters. The smallest absolute Gasteiger partial charge is 0.322 e. The Hall–Kier alpha value is -2.34. The summed E-state index contributed by atoms with van der Waals surface area (Å²) in [6.45, 7) is 4.46. The van der Waals surface area contributed by atoms with Gasteiger partial charge in [-0.15, -0.1) is 0 Å². The van der Waals surface area contributed by atoms with Crippen molar-refractivity contribution in [1.29, 1.82) is 0 Å². The number of nitrogens with one attached hydrogen (secondary N) is 2. The van der Waals surface area contributed by atoms with E-state index >= 15 is 0 Å². The summed E-state index contributed by atoms with van der Waals surface area (Å²) in [5, 5.41) is 14.7. The van der Waals surface area contributed by atoms with Gasteiger partial charge in [-0.25, -0.2) is 4.98 Å². The van der Waals surface area contributed by atoms with E-state index < -0.39 is 5.97 Å². The molecule has 0 amide bonds. The minimum absolute atomic E-state index is 0.179. The third-order valence-corrected chi connectivity index (χ3v) is 3.46. The van der Waals surface area contributed by atoms with Gasteiger partial charge in [-0.05, 0) is 30.5 Å². The van der Waals surface area contributed by atoms with E-state index in [0.717, 1.165) is 5.56 Å². The molecular formula is C15H17ClN4O2. The van der Waals surface area contributed by atoms with Crippen LogP contribution >= 0.6 is 11.6 Å². The van der Waals surface area contributed by atoms with Crippen LogP contribution in [-0.4, -0.2) is 27.6 Å². The Morgan fingerprint density at radius 3 is 2.77 bits per heavy atom. The Morgan fingerprint density at radius 1 is 1.27 bits per heavy atom. The van der Waals surface area contributed by atoms with Crippen molar-refractivity contribution < 1.29 is 9.90 Å². The number of aromatic nitrogens is 2. The number of carbonyl (C=O) groups is 1. The molecule has 6 nitrogen and oxygen atoms in total. The van der Waals surface area contributed by atoms with E-state index in [-0.39, 0.29) is 17.6 Å². The van der Waals surface area contributed by atoms with Crippen LogP contribution in [0.5, 0.6) is 0 Å². The molecular weight excluding hydrogens is 304 g/mol. The monoisotopic (exact) mass is 320 g/mol. The molecule has 0 bridgehead atoms. The Morgan fingerprint density at radius 2 is 2.05 bits per heavy atom. The van der Waals surface area contributed by atoms with Crippen molar-refractivity contribution in [3.63, 3.8) is 0 Å². The van der Waals surface area contributed by atoms with Crippen LogP contribution in [0, 0.1) is 13.8 Å². The summed E-state index contributed by atoms with van der Waals surface area (Å²) in [6.07, 6.45) is 0. The number of benzene rings is 1. The number of aliphatic carboxylic acids is 1.